The van der Waals surface area contributed by atoms with Gasteiger partial charge in [0.15, 0.2) is 0 Å². The molecule has 0 aromatic heterocycles. The van der Waals surface area contributed by atoms with Crippen molar-refractivity contribution in [1.29, 1.82) is 0 Å². The molecule has 0 unspecified atom stereocenters. The number of benzene rings is 2. The Labute approximate surface area is 142 Å². The van der Waals surface area contributed by atoms with Crippen LogP contribution >= 0.6 is 11.6 Å². The van der Waals surface area contributed by atoms with Crippen molar-refractivity contribution in [3.05, 3.63) is 70.2 Å². The Kier molecular flexibility index (Phi) is 4.99. The summed E-state index contributed by atoms with van der Waals surface area (Å²) >= 11 is 6.22. The Bertz CT molecular complexity index is 676. The zero-order valence-corrected chi connectivity index (χ0v) is 14.1. The summed E-state index contributed by atoms with van der Waals surface area (Å²) in [5.74, 6) is 0.127. The number of carbonyl (C=O) groups excluding carboxylic acids is 1. The first-order valence-electron chi connectivity index (χ1n) is 7.95. The van der Waals surface area contributed by atoms with Crippen molar-refractivity contribution in [3.8, 4) is 0 Å². The molecule has 0 bridgehead atoms. The van der Waals surface area contributed by atoms with Crippen molar-refractivity contribution in [2.75, 3.05) is 26.2 Å². The number of aryl methyl sites for hydroxylation is 1. The van der Waals surface area contributed by atoms with Crippen molar-refractivity contribution >= 4 is 17.5 Å². The normalized spacial score (nSPS) is 15.7. The topological polar surface area (TPSA) is 23.6 Å². The SMILES string of the molecule is Cc1ccc(C(=O)N2CCN(Cc3ccccc3Cl)CC2)cc1. The van der Waals surface area contributed by atoms with Crippen LogP contribution in [0.15, 0.2) is 48.5 Å². The van der Waals surface area contributed by atoms with Crippen LogP contribution in [-0.2, 0) is 6.54 Å². The van der Waals surface area contributed by atoms with E-state index in [0.717, 1.165) is 48.9 Å². The molecule has 2 aromatic rings. The van der Waals surface area contributed by atoms with Crippen LogP contribution in [0, 0.1) is 6.92 Å². The third-order valence-corrected chi connectivity index (χ3v) is 4.68. The second-order valence-electron chi connectivity index (χ2n) is 6.03. The molecule has 3 rings (SSSR count). The summed E-state index contributed by atoms with van der Waals surface area (Å²) in [5, 5.41) is 0.811. The van der Waals surface area contributed by atoms with Crippen LogP contribution in [0.1, 0.15) is 21.5 Å². The number of hydrogen-bond donors (Lipinski definition) is 0. The summed E-state index contributed by atoms with van der Waals surface area (Å²) in [7, 11) is 0. The van der Waals surface area contributed by atoms with Crippen LogP contribution in [0.25, 0.3) is 0 Å². The van der Waals surface area contributed by atoms with Gasteiger partial charge in [-0.2, -0.15) is 0 Å². The van der Waals surface area contributed by atoms with E-state index in [1.807, 2.05) is 54.3 Å². The molecule has 1 aliphatic heterocycles. The monoisotopic (exact) mass is 328 g/mol. The van der Waals surface area contributed by atoms with Gasteiger partial charge in [0.1, 0.15) is 0 Å². The molecule has 1 aliphatic rings. The smallest absolute Gasteiger partial charge is 0.253 e. The largest absolute Gasteiger partial charge is 0.336 e. The second-order valence-corrected chi connectivity index (χ2v) is 6.43. The van der Waals surface area contributed by atoms with Crippen molar-refractivity contribution in [2.45, 2.75) is 13.5 Å². The number of amides is 1. The van der Waals surface area contributed by atoms with Gasteiger partial charge >= 0.3 is 0 Å². The van der Waals surface area contributed by atoms with Crippen LogP contribution in [0.2, 0.25) is 5.02 Å². The minimum Gasteiger partial charge on any atom is -0.336 e. The van der Waals surface area contributed by atoms with Gasteiger partial charge in [0.05, 0.1) is 0 Å². The lowest BCUT2D eigenvalue weighted by Crippen LogP contribution is -2.48. The first-order valence-corrected chi connectivity index (χ1v) is 8.33. The number of nitrogens with zero attached hydrogens (tertiary/aromatic N) is 2. The van der Waals surface area contributed by atoms with E-state index >= 15 is 0 Å². The number of piperazine rings is 1. The van der Waals surface area contributed by atoms with E-state index in [1.165, 1.54) is 5.56 Å². The zero-order chi connectivity index (χ0) is 16.2. The van der Waals surface area contributed by atoms with Crippen LogP contribution in [-0.4, -0.2) is 41.9 Å². The number of carbonyl (C=O) groups is 1. The van der Waals surface area contributed by atoms with Crippen molar-refractivity contribution in [3.63, 3.8) is 0 Å². The van der Waals surface area contributed by atoms with Gasteiger partial charge in [0.2, 0.25) is 0 Å². The highest BCUT2D eigenvalue weighted by Crippen LogP contribution is 2.18. The van der Waals surface area contributed by atoms with Gasteiger partial charge in [0.25, 0.3) is 5.91 Å². The Morgan fingerprint density at radius 1 is 1.00 bits per heavy atom. The third kappa shape index (κ3) is 3.92. The molecule has 0 spiro atoms. The average Bonchev–Trinajstić information content (AvgIpc) is 2.58. The summed E-state index contributed by atoms with van der Waals surface area (Å²) in [6, 6.07) is 15.7. The molecule has 0 atom stereocenters. The third-order valence-electron chi connectivity index (χ3n) is 4.31. The van der Waals surface area contributed by atoms with E-state index < -0.39 is 0 Å². The van der Waals surface area contributed by atoms with Crippen LogP contribution < -0.4 is 0 Å². The minimum atomic E-state index is 0.127. The Morgan fingerprint density at radius 3 is 2.30 bits per heavy atom. The molecule has 1 heterocycles. The fourth-order valence-electron chi connectivity index (χ4n) is 2.86. The Morgan fingerprint density at radius 2 is 1.65 bits per heavy atom. The lowest BCUT2D eigenvalue weighted by Gasteiger charge is -2.35. The Balaban J connectivity index is 1.57. The molecule has 1 saturated heterocycles. The van der Waals surface area contributed by atoms with Crippen LogP contribution in [0.5, 0.6) is 0 Å². The first kappa shape index (κ1) is 16.0. The maximum atomic E-state index is 12.5. The summed E-state index contributed by atoms with van der Waals surface area (Å²) in [5.41, 5.74) is 3.09. The van der Waals surface area contributed by atoms with Gasteiger partial charge in [-0.15, -0.1) is 0 Å². The van der Waals surface area contributed by atoms with Gasteiger partial charge in [-0.1, -0.05) is 47.5 Å². The van der Waals surface area contributed by atoms with Gasteiger partial charge in [-0.3, -0.25) is 9.69 Å². The molecule has 0 N–H and O–H groups in total. The van der Waals surface area contributed by atoms with Crippen molar-refractivity contribution in [1.82, 2.24) is 9.80 Å². The van der Waals surface area contributed by atoms with Gasteiger partial charge in [0, 0.05) is 43.3 Å². The maximum absolute atomic E-state index is 12.5. The number of halogens is 1. The Hall–Kier alpha value is -1.84. The molecule has 0 aliphatic carbocycles. The molecular weight excluding hydrogens is 308 g/mol. The van der Waals surface area contributed by atoms with E-state index in [0.29, 0.717) is 0 Å². The number of rotatable bonds is 3. The molecule has 1 amide bonds. The molecule has 1 fully saturated rings. The fraction of sp³-hybridized carbons (Fsp3) is 0.316. The predicted molar refractivity (Wildman–Crippen MR) is 93.8 cm³/mol. The predicted octanol–water partition coefficient (Wildman–Crippen LogP) is 3.61. The maximum Gasteiger partial charge on any atom is 0.253 e. The first-order chi connectivity index (χ1) is 11.1. The highest BCUT2D eigenvalue weighted by Gasteiger charge is 2.22. The molecule has 0 saturated carbocycles. The standard InChI is InChI=1S/C19H21ClN2O/c1-15-6-8-16(9-7-15)19(23)22-12-10-21(11-13-22)14-17-4-2-3-5-18(17)20/h2-9H,10-14H2,1H3. The van der Waals surface area contributed by atoms with Crippen LogP contribution in [0.4, 0.5) is 0 Å². The zero-order valence-electron chi connectivity index (χ0n) is 13.3. The molecular formula is C19H21ClN2O. The lowest BCUT2D eigenvalue weighted by molar-refractivity contribution is 0.0628. The highest BCUT2D eigenvalue weighted by atomic mass is 35.5. The number of hydrogen-bond acceptors (Lipinski definition) is 2. The second kappa shape index (κ2) is 7.16. The van der Waals surface area contributed by atoms with Crippen molar-refractivity contribution < 1.29 is 4.79 Å². The minimum absolute atomic E-state index is 0.127. The van der Waals surface area contributed by atoms with Crippen molar-refractivity contribution in [2.24, 2.45) is 0 Å². The van der Waals surface area contributed by atoms with Gasteiger partial charge < -0.3 is 4.90 Å². The summed E-state index contributed by atoms with van der Waals surface area (Å²) in [6.07, 6.45) is 0. The molecule has 23 heavy (non-hydrogen) atoms. The molecule has 0 radical (unpaired) electrons. The van der Waals surface area contributed by atoms with Crippen LogP contribution in [0.3, 0.4) is 0 Å². The van der Waals surface area contributed by atoms with E-state index in [-0.39, 0.29) is 5.91 Å². The fourth-order valence-corrected chi connectivity index (χ4v) is 3.05. The average molecular weight is 329 g/mol. The molecule has 2 aromatic carbocycles. The van der Waals surface area contributed by atoms with Gasteiger partial charge in [-0.05, 0) is 30.7 Å². The van der Waals surface area contributed by atoms with E-state index in [1.54, 1.807) is 0 Å². The molecule has 120 valence electrons. The highest BCUT2D eigenvalue weighted by molar-refractivity contribution is 6.31. The summed E-state index contributed by atoms with van der Waals surface area (Å²) in [4.78, 5) is 16.8. The summed E-state index contributed by atoms with van der Waals surface area (Å²) in [6.45, 7) is 6.15. The van der Waals surface area contributed by atoms with E-state index in [2.05, 4.69) is 11.0 Å². The van der Waals surface area contributed by atoms with Gasteiger partial charge in [-0.25, -0.2) is 0 Å². The molecule has 4 heteroatoms. The molecule has 3 nitrogen and oxygen atoms in total. The van der Waals surface area contributed by atoms with E-state index in [4.69, 9.17) is 11.6 Å². The lowest BCUT2D eigenvalue weighted by atomic mass is 10.1. The van der Waals surface area contributed by atoms with E-state index in [9.17, 15) is 4.79 Å². The summed E-state index contributed by atoms with van der Waals surface area (Å²) < 4.78 is 0. The quantitative estimate of drug-likeness (QED) is 0.859.